The van der Waals surface area contributed by atoms with Crippen LogP contribution in [0.1, 0.15) is 11.1 Å². The quantitative estimate of drug-likeness (QED) is 0.568. The Labute approximate surface area is 181 Å². The number of hydrogen-bond acceptors (Lipinski definition) is 6. The van der Waals surface area contributed by atoms with Crippen molar-refractivity contribution in [2.24, 2.45) is 0 Å². The fraction of sp³-hybridized carbons (Fsp3) is 0.333. The predicted molar refractivity (Wildman–Crippen MR) is 117 cm³/mol. The first-order chi connectivity index (χ1) is 15.0. The van der Waals surface area contributed by atoms with Crippen molar-refractivity contribution in [1.82, 2.24) is 4.90 Å². The average Bonchev–Trinajstić information content (AvgIpc) is 3.19. The summed E-state index contributed by atoms with van der Waals surface area (Å²) in [6.07, 6.45) is 1.65. The van der Waals surface area contributed by atoms with E-state index in [0.717, 1.165) is 46.6 Å². The first-order valence-electron chi connectivity index (χ1n) is 10.3. The van der Waals surface area contributed by atoms with Gasteiger partial charge in [0.25, 0.3) is 5.91 Å². The van der Waals surface area contributed by atoms with E-state index in [4.69, 9.17) is 13.9 Å². The molecule has 2 heterocycles. The van der Waals surface area contributed by atoms with E-state index in [1.165, 1.54) is 0 Å². The number of amides is 1. The third kappa shape index (κ3) is 4.82. The number of ether oxygens (including phenoxy) is 2. The van der Waals surface area contributed by atoms with Crippen LogP contribution in [0.3, 0.4) is 0 Å². The summed E-state index contributed by atoms with van der Waals surface area (Å²) in [4.78, 5) is 28.7. The van der Waals surface area contributed by atoms with Crippen molar-refractivity contribution in [1.29, 1.82) is 0 Å². The summed E-state index contributed by atoms with van der Waals surface area (Å²) in [6.45, 7) is 4.38. The molecule has 1 aliphatic rings. The van der Waals surface area contributed by atoms with Gasteiger partial charge in [-0.15, -0.1) is 0 Å². The largest absolute Gasteiger partial charge is 0.497 e. The Morgan fingerprint density at radius 3 is 2.48 bits per heavy atom. The molecule has 31 heavy (non-hydrogen) atoms. The van der Waals surface area contributed by atoms with Gasteiger partial charge in [0.2, 0.25) is 0 Å². The number of esters is 1. The highest BCUT2D eigenvalue weighted by atomic mass is 16.5. The van der Waals surface area contributed by atoms with Crippen LogP contribution in [0.15, 0.2) is 53.1 Å². The van der Waals surface area contributed by atoms with Crippen molar-refractivity contribution in [3.8, 4) is 5.75 Å². The van der Waals surface area contributed by atoms with Crippen molar-refractivity contribution in [2.75, 3.05) is 44.8 Å². The van der Waals surface area contributed by atoms with Crippen LogP contribution in [0.4, 0.5) is 5.69 Å². The highest BCUT2D eigenvalue weighted by molar-refractivity contribution is 5.87. The third-order valence-corrected chi connectivity index (χ3v) is 5.57. The van der Waals surface area contributed by atoms with Crippen LogP contribution in [0, 0.1) is 6.92 Å². The summed E-state index contributed by atoms with van der Waals surface area (Å²) < 4.78 is 15.9. The first-order valence-corrected chi connectivity index (χ1v) is 10.3. The molecule has 4 rings (SSSR count). The molecule has 3 aromatic rings. The Morgan fingerprint density at radius 2 is 1.77 bits per heavy atom. The number of piperazine rings is 1. The van der Waals surface area contributed by atoms with E-state index >= 15 is 0 Å². The number of carbonyl (C=O) groups is 2. The van der Waals surface area contributed by atoms with Gasteiger partial charge in [-0.1, -0.05) is 12.1 Å². The molecular weight excluding hydrogens is 396 g/mol. The average molecular weight is 422 g/mol. The second-order valence-electron chi connectivity index (χ2n) is 7.66. The normalized spacial score (nSPS) is 14.0. The Kier molecular flexibility index (Phi) is 6.11. The molecule has 1 amide bonds. The Hall–Kier alpha value is -3.48. The molecule has 0 saturated carbocycles. The minimum atomic E-state index is -0.437. The van der Waals surface area contributed by atoms with Crippen molar-refractivity contribution in [3.05, 3.63) is 59.9 Å². The standard InChI is InChI=1S/C24H26N2O5/c1-17-3-8-21-18(15-30-22(21)13-17)14-24(28)31-16-23(27)26-11-9-25(10-12-26)19-4-6-20(29-2)7-5-19/h3-8,13,15H,9-12,14,16H2,1-2H3. The lowest BCUT2D eigenvalue weighted by Crippen LogP contribution is -2.49. The Bertz CT molecular complexity index is 1070. The van der Waals surface area contributed by atoms with Crippen molar-refractivity contribution < 1.29 is 23.5 Å². The summed E-state index contributed by atoms with van der Waals surface area (Å²) in [5.41, 5.74) is 3.70. The highest BCUT2D eigenvalue weighted by Gasteiger charge is 2.22. The Morgan fingerprint density at radius 1 is 1.03 bits per heavy atom. The number of nitrogens with zero attached hydrogens (tertiary/aromatic N) is 2. The molecule has 0 aliphatic carbocycles. The van der Waals surface area contributed by atoms with Gasteiger partial charge in [-0.05, 0) is 42.8 Å². The van der Waals surface area contributed by atoms with Crippen LogP contribution in [-0.2, 0) is 20.7 Å². The predicted octanol–water partition coefficient (Wildman–Crippen LogP) is 3.18. The molecule has 0 N–H and O–H groups in total. The van der Waals surface area contributed by atoms with Crippen molar-refractivity contribution in [3.63, 3.8) is 0 Å². The van der Waals surface area contributed by atoms with Crippen LogP contribution >= 0.6 is 0 Å². The van der Waals surface area contributed by atoms with Gasteiger partial charge in [0.05, 0.1) is 19.8 Å². The lowest BCUT2D eigenvalue weighted by atomic mass is 10.1. The lowest BCUT2D eigenvalue weighted by Gasteiger charge is -2.36. The van der Waals surface area contributed by atoms with Gasteiger partial charge in [0.15, 0.2) is 6.61 Å². The van der Waals surface area contributed by atoms with E-state index in [2.05, 4.69) is 4.90 Å². The van der Waals surface area contributed by atoms with E-state index in [0.29, 0.717) is 13.1 Å². The summed E-state index contributed by atoms with van der Waals surface area (Å²) in [5.74, 6) is 0.210. The minimum absolute atomic E-state index is 0.0780. The number of hydrogen-bond donors (Lipinski definition) is 0. The molecule has 1 fully saturated rings. The van der Waals surface area contributed by atoms with Crippen LogP contribution in [0.5, 0.6) is 5.75 Å². The van der Waals surface area contributed by atoms with E-state index in [-0.39, 0.29) is 18.9 Å². The summed E-state index contributed by atoms with van der Waals surface area (Å²) in [7, 11) is 1.64. The number of aryl methyl sites for hydroxylation is 1. The van der Waals surface area contributed by atoms with Crippen LogP contribution in [-0.4, -0.2) is 56.7 Å². The SMILES string of the molecule is COc1ccc(N2CCN(C(=O)COC(=O)Cc3coc4cc(C)ccc34)CC2)cc1. The van der Waals surface area contributed by atoms with Crippen LogP contribution in [0.2, 0.25) is 0 Å². The molecule has 1 aliphatic heterocycles. The number of rotatable bonds is 6. The van der Waals surface area contributed by atoms with Crippen molar-refractivity contribution >= 4 is 28.5 Å². The summed E-state index contributed by atoms with van der Waals surface area (Å²) >= 11 is 0. The molecule has 0 unspecified atom stereocenters. The topological polar surface area (TPSA) is 72.2 Å². The second kappa shape index (κ2) is 9.12. The number of methoxy groups -OCH3 is 1. The molecule has 0 atom stereocenters. The molecule has 1 saturated heterocycles. The smallest absolute Gasteiger partial charge is 0.310 e. The zero-order valence-corrected chi connectivity index (χ0v) is 17.8. The van der Waals surface area contributed by atoms with Gasteiger partial charge in [-0.2, -0.15) is 0 Å². The zero-order chi connectivity index (χ0) is 21.8. The number of furan rings is 1. The maximum absolute atomic E-state index is 12.5. The molecule has 0 radical (unpaired) electrons. The van der Waals surface area contributed by atoms with Crippen LogP contribution < -0.4 is 9.64 Å². The monoisotopic (exact) mass is 422 g/mol. The van der Waals surface area contributed by atoms with E-state index < -0.39 is 5.97 Å². The van der Waals surface area contributed by atoms with Gasteiger partial charge in [-0.25, -0.2) is 0 Å². The maximum atomic E-state index is 12.5. The fourth-order valence-electron chi connectivity index (χ4n) is 3.77. The number of anilines is 1. The molecule has 162 valence electrons. The van der Waals surface area contributed by atoms with Gasteiger partial charge < -0.3 is 23.7 Å². The molecule has 2 aromatic carbocycles. The van der Waals surface area contributed by atoms with E-state index in [9.17, 15) is 9.59 Å². The zero-order valence-electron chi connectivity index (χ0n) is 17.8. The minimum Gasteiger partial charge on any atom is -0.497 e. The van der Waals surface area contributed by atoms with Gasteiger partial charge in [0, 0.05) is 42.8 Å². The fourth-order valence-corrected chi connectivity index (χ4v) is 3.77. The summed E-state index contributed by atoms with van der Waals surface area (Å²) in [5, 5.41) is 0.892. The number of carbonyl (C=O) groups excluding carboxylic acids is 2. The first kappa shape index (κ1) is 20.8. The molecule has 0 spiro atoms. The van der Waals surface area contributed by atoms with Gasteiger partial charge in [0.1, 0.15) is 11.3 Å². The lowest BCUT2D eigenvalue weighted by molar-refractivity contribution is -0.151. The molecular formula is C24H26N2O5. The molecule has 0 bridgehead atoms. The van der Waals surface area contributed by atoms with E-state index in [1.54, 1.807) is 18.3 Å². The van der Waals surface area contributed by atoms with Crippen molar-refractivity contribution in [2.45, 2.75) is 13.3 Å². The third-order valence-electron chi connectivity index (χ3n) is 5.57. The Balaban J connectivity index is 1.24. The van der Waals surface area contributed by atoms with Gasteiger partial charge in [-0.3, -0.25) is 9.59 Å². The summed E-state index contributed by atoms with van der Waals surface area (Å²) in [6, 6.07) is 13.7. The van der Waals surface area contributed by atoms with E-state index in [1.807, 2.05) is 49.4 Å². The van der Waals surface area contributed by atoms with Gasteiger partial charge >= 0.3 is 5.97 Å². The number of fused-ring (bicyclic) bond motifs is 1. The number of benzene rings is 2. The van der Waals surface area contributed by atoms with Crippen LogP contribution in [0.25, 0.3) is 11.0 Å². The highest BCUT2D eigenvalue weighted by Crippen LogP contribution is 2.23. The molecule has 1 aromatic heterocycles. The molecule has 7 nitrogen and oxygen atoms in total. The maximum Gasteiger partial charge on any atom is 0.310 e. The second-order valence-corrected chi connectivity index (χ2v) is 7.66. The molecule has 7 heteroatoms.